The quantitative estimate of drug-likeness (QED) is 0.595. The van der Waals surface area contributed by atoms with E-state index in [4.69, 9.17) is 4.74 Å². The molecule has 3 nitrogen and oxygen atoms in total. The Morgan fingerprint density at radius 2 is 2.05 bits per heavy atom. The van der Waals surface area contributed by atoms with E-state index in [1.807, 2.05) is 10.9 Å². The predicted octanol–water partition coefficient (Wildman–Crippen LogP) is 4.42. The van der Waals surface area contributed by atoms with Crippen LogP contribution >= 0.6 is 15.9 Å². The molecule has 0 amide bonds. The fourth-order valence-corrected chi connectivity index (χ4v) is 3.19. The van der Waals surface area contributed by atoms with Gasteiger partial charge in [0.15, 0.2) is 0 Å². The normalized spacial score (nSPS) is 12.3. The molecule has 104 valence electrons. The SMILES string of the molecule is Cc1ccc2cnn(COCC[Si](C)(C)C)c2c1Br. The molecule has 1 aromatic carbocycles. The first kappa shape index (κ1) is 14.7. The first-order valence-corrected chi connectivity index (χ1v) is 11.1. The Morgan fingerprint density at radius 1 is 1.32 bits per heavy atom. The molecule has 0 aliphatic heterocycles. The minimum Gasteiger partial charge on any atom is -0.360 e. The van der Waals surface area contributed by atoms with Gasteiger partial charge < -0.3 is 4.74 Å². The van der Waals surface area contributed by atoms with Gasteiger partial charge in [-0.2, -0.15) is 5.10 Å². The average molecular weight is 341 g/mol. The van der Waals surface area contributed by atoms with Crippen LogP contribution in [0.4, 0.5) is 0 Å². The molecule has 0 radical (unpaired) electrons. The van der Waals surface area contributed by atoms with E-state index in [0.717, 1.165) is 22.0 Å². The van der Waals surface area contributed by atoms with Crippen LogP contribution in [0.5, 0.6) is 0 Å². The topological polar surface area (TPSA) is 27.1 Å². The molecule has 19 heavy (non-hydrogen) atoms. The van der Waals surface area contributed by atoms with E-state index >= 15 is 0 Å². The zero-order valence-electron chi connectivity index (χ0n) is 12.0. The molecule has 1 aromatic heterocycles. The fourth-order valence-electron chi connectivity index (χ4n) is 1.86. The molecular formula is C14H21BrN2OSi. The van der Waals surface area contributed by atoms with Gasteiger partial charge in [0, 0.05) is 24.5 Å². The van der Waals surface area contributed by atoms with Gasteiger partial charge in [0.2, 0.25) is 0 Å². The van der Waals surface area contributed by atoms with E-state index in [0.29, 0.717) is 6.73 Å². The van der Waals surface area contributed by atoms with E-state index in [9.17, 15) is 0 Å². The standard InChI is InChI=1S/C14H21BrN2OSi/c1-11-5-6-12-9-16-17(14(12)13(11)15)10-18-7-8-19(2,3)4/h5-6,9H,7-8,10H2,1-4H3. The third kappa shape index (κ3) is 3.67. The van der Waals surface area contributed by atoms with Crippen molar-refractivity contribution in [2.24, 2.45) is 0 Å². The van der Waals surface area contributed by atoms with Crippen LogP contribution in [0.3, 0.4) is 0 Å². The number of aromatic nitrogens is 2. The smallest absolute Gasteiger partial charge is 0.140 e. The zero-order valence-corrected chi connectivity index (χ0v) is 14.6. The van der Waals surface area contributed by atoms with Crippen molar-refractivity contribution in [1.29, 1.82) is 0 Å². The number of hydrogen-bond donors (Lipinski definition) is 0. The van der Waals surface area contributed by atoms with Crippen molar-refractivity contribution in [2.45, 2.75) is 39.3 Å². The van der Waals surface area contributed by atoms with Crippen molar-refractivity contribution in [2.75, 3.05) is 6.61 Å². The van der Waals surface area contributed by atoms with Crippen molar-refractivity contribution in [3.05, 3.63) is 28.4 Å². The van der Waals surface area contributed by atoms with Crippen molar-refractivity contribution in [3.8, 4) is 0 Å². The first-order valence-electron chi connectivity index (χ1n) is 6.57. The summed E-state index contributed by atoms with van der Waals surface area (Å²) in [5, 5.41) is 5.55. The number of rotatable bonds is 5. The summed E-state index contributed by atoms with van der Waals surface area (Å²) in [6.07, 6.45) is 1.89. The second-order valence-corrected chi connectivity index (χ2v) is 12.5. The lowest BCUT2D eigenvalue weighted by atomic mass is 10.2. The lowest BCUT2D eigenvalue weighted by Crippen LogP contribution is -2.22. The lowest BCUT2D eigenvalue weighted by Gasteiger charge is -2.15. The third-order valence-electron chi connectivity index (χ3n) is 3.14. The number of halogens is 1. The van der Waals surface area contributed by atoms with Gasteiger partial charge in [0.25, 0.3) is 0 Å². The molecule has 0 aliphatic carbocycles. The van der Waals surface area contributed by atoms with Crippen LogP contribution in [-0.4, -0.2) is 24.5 Å². The molecule has 0 N–H and O–H groups in total. The maximum Gasteiger partial charge on any atom is 0.140 e. The highest BCUT2D eigenvalue weighted by atomic mass is 79.9. The Labute approximate surface area is 124 Å². The fraction of sp³-hybridized carbons (Fsp3) is 0.500. The summed E-state index contributed by atoms with van der Waals surface area (Å²) < 4.78 is 8.81. The molecule has 0 saturated heterocycles. The molecule has 1 heterocycles. The minimum atomic E-state index is -1.02. The zero-order chi connectivity index (χ0) is 14.0. The van der Waals surface area contributed by atoms with Gasteiger partial charge in [-0.15, -0.1) is 0 Å². The highest BCUT2D eigenvalue weighted by molar-refractivity contribution is 9.10. The van der Waals surface area contributed by atoms with Gasteiger partial charge in [-0.3, -0.25) is 0 Å². The van der Waals surface area contributed by atoms with Crippen LogP contribution in [0.1, 0.15) is 5.56 Å². The number of ether oxygens (including phenoxy) is 1. The highest BCUT2D eigenvalue weighted by Crippen LogP contribution is 2.27. The number of aryl methyl sites for hydroxylation is 1. The second-order valence-electron chi connectivity index (χ2n) is 6.13. The van der Waals surface area contributed by atoms with E-state index < -0.39 is 8.07 Å². The van der Waals surface area contributed by atoms with Crippen LogP contribution in [0.15, 0.2) is 22.8 Å². The summed E-state index contributed by atoms with van der Waals surface area (Å²) >= 11 is 3.64. The average Bonchev–Trinajstić information content (AvgIpc) is 2.72. The highest BCUT2D eigenvalue weighted by Gasteiger charge is 2.13. The molecule has 0 aliphatic rings. The van der Waals surface area contributed by atoms with Crippen LogP contribution in [0, 0.1) is 6.92 Å². The van der Waals surface area contributed by atoms with Gasteiger partial charge in [-0.1, -0.05) is 31.8 Å². The first-order chi connectivity index (χ1) is 8.88. The van der Waals surface area contributed by atoms with Crippen molar-refractivity contribution < 1.29 is 4.74 Å². The Kier molecular flexibility index (Phi) is 4.48. The van der Waals surface area contributed by atoms with Gasteiger partial charge in [0.1, 0.15) is 6.73 Å². The van der Waals surface area contributed by atoms with Crippen LogP contribution in [-0.2, 0) is 11.5 Å². The van der Waals surface area contributed by atoms with Crippen LogP contribution in [0.25, 0.3) is 10.9 Å². The Morgan fingerprint density at radius 3 is 2.74 bits per heavy atom. The summed E-state index contributed by atoms with van der Waals surface area (Å²) in [6, 6.07) is 5.39. The number of fused-ring (bicyclic) bond motifs is 1. The Balaban J connectivity index is 2.07. The van der Waals surface area contributed by atoms with Crippen molar-refractivity contribution in [1.82, 2.24) is 9.78 Å². The van der Waals surface area contributed by atoms with E-state index in [-0.39, 0.29) is 0 Å². The molecule has 2 rings (SSSR count). The molecule has 0 bridgehead atoms. The van der Waals surface area contributed by atoms with Crippen molar-refractivity contribution >= 4 is 34.9 Å². The minimum absolute atomic E-state index is 0.524. The molecule has 5 heteroatoms. The van der Waals surface area contributed by atoms with Crippen LogP contribution < -0.4 is 0 Å². The molecule has 2 aromatic rings. The second kappa shape index (κ2) is 5.77. The summed E-state index contributed by atoms with van der Waals surface area (Å²) in [5.41, 5.74) is 2.34. The summed E-state index contributed by atoms with van der Waals surface area (Å²) in [5.74, 6) is 0. The summed E-state index contributed by atoms with van der Waals surface area (Å²) in [7, 11) is -1.02. The maximum absolute atomic E-state index is 5.77. The molecule has 0 saturated carbocycles. The Bertz CT molecular complexity index is 575. The van der Waals surface area contributed by atoms with E-state index in [1.54, 1.807) is 0 Å². The summed E-state index contributed by atoms with van der Waals surface area (Å²) in [6.45, 7) is 10.5. The van der Waals surface area contributed by atoms with Crippen LogP contribution in [0.2, 0.25) is 25.7 Å². The van der Waals surface area contributed by atoms with E-state index in [1.165, 1.54) is 11.6 Å². The lowest BCUT2D eigenvalue weighted by molar-refractivity contribution is 0.0816. The number of nitrogens with zero attached hydrogens (tertiary/aromatic N) is 2. The number of hydrogen-bond acceptors (Lipinski definition) is 2. The van der Waals surface area contributed by atoms with E-state index in [2.05, 4.69) is 59.7 Å². The molecule has 0 unspecified atom stereocenters. The molecule has 0 spiro atoms. The predicted molar refractivity (Wildman–Crippen MR) is 86.3 cm³/mol. The summed E-state index contributed by atoms with van der Waals surface area (Å²) in [4.78, 5) is 0. The Hall–Kier alpha value is -0.653. The maximum atomic E-state index is 5.77. The van der Waals surface area contributed by atoms with Gasteiger partial charge in [0.05, 0.1) is 11.7 Å². The molecule has 0 atom stereocenters. The monoisotopic (exact) mass is 340 g/mol. The van der Waals surface area contributed by atoms with Crippen molar-refractivity contribution in [3.63, 3.8) is 0 Å². The van der Waals surface area contributed by atoms with Gasteiger partial charge in [-0.05, 0) is 34.5 Å². The largest absolute Gasteiger partial charge is 0.360 e. The number of benzene rings is 1. The van der Waals surface area contributed by atoms with Gasteiger partial charge >= 0.3 is 0 Å². The van der Waals surface area contributed by atoms with Gasteiger partial charge in [-0.25, -0.2) is 4.68 Å². The molecular weight excluding hydrogens is 320 g/mol. The third-order valence-corrected chi connectivity index (χ3v) is 5.85. The molecule has 0 fully saturated rings.